The Bertz CT molecular complexity index is 849. The zero-order valence-corrected chi connectivity index (χ0v) is 14.9. The first-order valence-electron chi connectivity index (χ1n) is 9.35. The van der Waals surface area contributed by atoms with Gasteiger partial charge in [-0.1, -0.05) is 11.6 Å². The van der Waals surface area contributed by atoms with Gasteiger partial charge in [0.25, 0.3) is 0 Å². The molecule has 0 amide bonds. The molecule has 3 N–H and O–H groups in total. The molecule has 0 fully saturated rings. The highest BCUT2D eigenvalue weighted by molar-refractivity contribution is 5.86. The maximum atomic E-state index is 10.6. The standard InChI is InChI=1S/C21H26N2O2/c1-15-8-9-21-19(11-15)18-6-2-3-7-20(18)23(21)14-16(24)12-22-13-17-5-4-10-25-17/h4-5,8-11,16,22,24H,2-3,6-7,12-14H2,1H3/p+1. The summed E-state index contributed by atoms with van der Waals surface area (Å²) in [5, 5.41) is 14.1. The van der Waals surface area contributed by atoms with E-state index in [1.807, 2.05) is 12.1 Å². The van der Waals surface area contributed by atoms with E-state index in [0.29, 0.717) is 13.1 Å². The van der Waals surface area contributed by atoms with Crippen molar-refractivity contribution in [1.29, 1.82) is 0 Å². The predicted octanol–water partition coefficient (Wildman–Crippen LogP) is 2.55. The Kier molecular flexibility index (Phi) is 4.64. The number of quaternary nitrogens is 1. The van der Waals surface area contributed by atoms with Crippen molar-refractivity contribution in [3.8, 4) is 0 Å². The van der Waals surface area contributed by atoms with Crippen molar-refractivity contribution in [1.82, 2.24) is 4.57 Å². The van der Waals surface area contributed by atoms with Crippen LogP contribution in [0.2, 0.25) is 0 Å². The SMILES string of the molecule is Cc1ccc2c(c1)c1c(n2CC(O)C[NH2+]Cc2ccco2)CCCC1. The molecule has 4 rings (SSSR count). The summed E-state index contributed by atoms with van der Waals surface area (Å²) in [6.45, 7) is 4.28. The Morgan fingerprint density at radius 2 is 2.12 bits per heavy atom. The summed E-state index contributed by atoms with van der Waals surface area (Å²) in [7, 11) is 0. The number of rotatable bonds is 6. The topological polar surface area (TPSA) is 54.9 Å². The van der Waals surface area contributed by atoms with Gasteiger partial charge in [0.05, 0.1) is 12.8 Å². The number of benzene rings is 1. The van der Waals surface area contributed by atoms with Gasteiger partial charge < -0.3 is 19.4 Å². The van der Waals surface area contributed by atoms with E-state index in [9.17, 15) is 5.11 Å². The normalized spacial score (nSPS) is 15.4. The molecule has 0 radical (unpaired) electrons. The Hall–Kier alpha value is -2.04. The van der Waals surface area contributed by atoms with Gasteiger partial charge in [0, 0.05) is 16.6 Å². The monoisotopic (exact) mass is 339 g/mol. The second-order valence-electron chi connectivity index (χ2n) is 7.23. The molecular formula is C21H27N2O2+. The molecule has 0 saturated carbocycles. The van der Waals surface area contributed by atoms with Gasteiger partial charge >= 0.3 is 0 Å². The molecule has 0 saturated heterocycles. The van der Waals surface area contributed by atoms with Gasteiger partial charge in [-0.3, -0.25) is 0 Å². The van der Waals surface area contributed by atoms with Crippen molar-refractivity contribution >= 4 is 10.9 Å². The molecule has 132 valence electrons. The highest BCUT2D eigenvalue weighted by Gasteiger charge is 2.21. The minimum absolute atomic E-state index is 0.363. The maximum Gasteiger partial charge on any atom is 0.157 e. The molecular weight excluding hydrogens is 312 g/mol. The van der Waals surface area contributed by atoms with Gasteiger partial charge in [0.15, 0.2) is 5.76 Å². The van der Waals surface area contributed by atoms with E-state index in [4.69, 9.17) is 4.42 Å². The lowest BCUT2D eigenvalue weighted by molar-refractivity contribution is -0.678. The van der Waals surface area contributed by atoms with E-state index >= 15 is 0 Å². The van der Waals surface area contributed by atoms with Crippen LogP contribution in [0.4, 0.5) is 0 Å². The molecule has 1 aromatic carbocycles. The van der Waals surface area contributed by atoms with Crippen LogP contribution in [-0.2, 0) is 25.9 Å². The number of hydrogen-bond donors (Lipinski definition) is 2. The number of hydrogen-bond acceptors (Lipinski definition) is 2. The second kappa shape index (κ2) is 7.06. The number of aliphatic hydroxyl groups excluding tert-OH is 1. The van der Waals surface area contributed by atoms with E-state index < -0.39 is 0 Å². The fourth-order valence-corrected chi connectivity index (χ4v) is 4.09. The molecule has 1 atom stereocenters. The molecule has 1 aliphatic carbocycles. The summed E-state index contributed by atoms with van der Waals surface area (Å²) < 4.78 is 7.72. The van der Waals surface area contributed by atoms with E-state index in [2.05, 4.69) is 35.0 Å². The first-order valence-corrected chi connectivity index (χ1v) is 9.35. The number of aromatic nitrogens is 1. The van der Waals surface area contributed by atoms with E-state index in [0.717, 1.165) is 18.7 Å². The largest absolute Gasteiger partial charge is 0.463 e. The Labute approximate surface area is 148 Å². The summed E-state index contributed by atoms with van der Waals surface area (Å²) in [4.78, 5) is 0. The summed E-state index contributed by atoms with van der Waals surface area (Å²) in [5.74, 6) is 0.950. The van der Waals surface area contributed by atoms with E-state index in [-0.39, 0.29) is 6.10 Å². The molecule has 3 aromatic rings. The molecule has 0 bridgehead atoms. The third-order valence-electron chi connectivity index (χ3n) is 5.29. The molecule has 1 unspecified atom stereocenters. The van der Waals surface area contributed by atoms with Crippen LogP contribution in [0, 0.1) is 6.92 Å². The van der Waals surface area contributed by atoms with Crippen molar-refractivity contribution in [2.45, 2.75) is 51.8 Å². The van der Waals surface area contributed by atoms with E-state index in [1.54, 1.807) is 6.26 Å². The number of fused-ring (bicyclic) bond motifs is 3. The smallest absolute Gasteiger partial charge is 0.157 e. The Morgan fingerprint density at radius 1 is 1.24 bits per heavy atom. The number of aliphatic hydroxyl groups is 1. The highest BCUT2D eigenvalue weighted by Crippen LogP contribution is 2.32. The lowest BCUT2D eigenvalue weighted by Crippen LogP contribution is -2.85. The van der Waals surface area contributed by atoms with Gasteiger partial charge in [0.1, 0.15) is 19.2 Å². The second-order valence-corrected chi connectivity index (χ2v) is 7.23. The molecule has 1 aliphatic rings. The maximum absolute atomic E-state index is 10.6. The van der Waals surface area contributed by atoms with Gasteiger partial charge in [-0.15, -0.1) is 0 Å². The highest BCUT2D eigenvalue weighted by atomic mass is 16.3. The molecule has 4 nitrogen and oxygen atoms in total. The third kappa shape index (κ3) is 3.37. The molecule has 2 heterocycles. The summed E-state index contributed by atoms with van der Waals surface area (Å²) >= 11 is 0. The lowest BCUT2D eigenvalue weighted by atomic mass is 9.95. The first kappa shape index (κ1) is 16.4. The average Bonchev–Trinajstić information content (AvgIpc) is 3.22. The van der Waals surface area contributed by atoms with Gasteiger partial charge in [0.2, 0.25) is 0 Å². The minimum atomic E-state index is -0.363. The fraction of sp³-hybridized carbons (Fsp3) is 0.429. The summed E-state index contributed by atoms with van der Waals surface area (Å²) in [6.07, 6.45) is 6.16. The van der Waals surface area contributed by atoms with Crippen molar-refractivity contribution < 1.29 is 14.8 Å². The van der Waals surface area contributed by atoms with Crippen LogP contribution >= 0.6 is 0 Å². The Morgan fingerprint density at radius 3 is 2.96 bits per heavy atom. The van der Waals surface area contributed by atoms with Gasteiger partial charge in [-0.2, -0.15) is 0 Å². The fourth-order valence-electron chi connectivity index (χ4n) is 4.09. The lowest BCUT2D eigenvalue weighted by Gasteiger charge is -2.18. The first-order chi connectivity index (χ1) is 12.2. The minimum Gasteiger partial charge on any atom is -0.463 e. The third-order valence-corrected chi connectivity index (χ3v) is 5.29. The van der Waals surface area contributed by atoms with Crippen molar-refractivity contribution in [3.63, 3.8) is 0 Å². The van der Waals surface area contributed by atoms with Crippen LogP contribution < -0.4 is 5.32 Å². The van der Waals surface area contributed by atoms with Gasteiger partial charge in [-0.05, 0) is 62.4 Å². The van der Waals surface area contributed by atoms with Crippen LogP contribution in [0.1, 0.15) is 35.4 Å². The van der Waals surface area contributed by atoms with Crippen LogP contribution in [0.5, 0.6) is 0 Å². The average molecular weight is 339 g/mol. The van der Waals surface area contributed by atoms with E-state index in [1.165, 1.54) is 47.0 Å². The van der Waals surface area contributed by atoms with Crippen molar-refractivity contribution in [2.24, 2.45) is 0 Å². The predicted molar refractivity (Wildman–Crippen MR) is 98.5 cm³/mol. The molecule has 2 aromatic heterocycles. The van der Waals surface area contributed by atoms with Crippen LogP contribution in [0.15, 0.2) is 41.0 Å². The zero-order valence-electron chi connectivity index (χ0n) is 14.9. The quantitative estimate of drug-likeness (QED) is 0.725. The summed E-state index contributed by atoms with van der Waals surface area (Å²) in [5.41, 5.74) is 5.54. The zero-order chi connectivity index (χ0) is 17.2. The van der Waals surface area contributed by atoms with Crippen molar-refractivity contribution in [2.75, 3.05) is 6.54 Å². The molecule has 0 aliphatic heterocycles. The number of nitrogens with zero attached hydrogens (tertiary/aromatic N) is 1. The van der Waals surface area contributed by atoms with Crippen LogP contribution in [0.25, 0.3) is 10.9 Å². The van der Waals surface area contributed by atoms with Crippen LogP contribution in [0.3, 0.4) is 0 Å². The molecule has 25 heavy (non-hydrogen) atoms. The number of nitrogens with two attached hydrogens (primary N) is 1. The Balaban J connectivity index is 1.52. The summed E-state index contributed by atoms with van der Waals surface area (Å²) in [6, 6.07) is 10.6. The molecule has 0 spiro atoms. The number of furan rings is 1. The molecule has 4 heteroatoms. The van der Waals surface area contributed by atoms with Gasteiger partial charge in [-0.25, -0.2) is 0 Å². The van der Waals surface area contributed by atoms with Crippen molar-refractivity contribution in [3.05, 3.63) is 59.2 Å². The van der Waals surface area contributed by atoms with Crippen LogP contribution in [-0.4, -0.2) is 22.3 Å². The number of aryl methyl sites for hydroxylation is 2.